The van der Waals surface area contributed by atoms with Crippen molar-refractivity contribution in [3.63, 3.8) is 0 Å². The Kier molecular flexibility index (Phi) is 9.74. The van der Waals surface area contributed by atoms with E-state index in [1.807, 2.05) is 53.7 Å². The molecule has 270 valence electrons. The standard InChI is InChI=1S/C38H30N8O4S4/c1-9-11-47-24-15-26(43-19(17-39)18-40)51-30(24)34-45-32-28(53-34)20-13-23-21(14-22(20)37(3,4)49-32)29-33(50-38(23,5)6)46-35(54-29)31-25(48-12-10-2)16-27(52-31)44-36(41-7)42-8/h13-16H,9-12H2,1-6H3. The SMILES string of the molecule is [C-]#[N+]C(=Nc1cc(OCCC)c(-c2nc3c(s2)-c2cc4c(cc2C(C)(C)O3)-c2sc(-c3sc(N=C(C#N)C#N)cc3OCCC)nc2OC4(C)C)s1)[N+]#[C-]. The van der Waals surface area contributed by atoms with E-state index in [2.05, 4.69) is 31.8 Å². The van der Waals surface area contributed by atoms with Crippen molar-refractivity contribution in [2.45, 2.75) is 65.6 Å². The molecular formula is C38H30N8O4S4. The van der Waals surface area contributed by atoms with E-state index in [4.69, 9.17) is 42.1 Å². The van der Waals surface area contributed by atoms with Crippen LogP contribution < -0.4 is 18.9 Å². The van der Waals surface area contributed by atoms with Gasteiger partial charge in [-0.1, -0.05) is 25.2 Å². The van der Waals surface area contributed by atoms with Crippen molar-refractivity contribution in [3.05, 3.63) is 58.2 Å². The van der Waals surface area contributed by atoms with Crippen LogP contribution in [0.4, 0.5) is 10.0 Å². The van der Waals surface area contributed by atoms with Gasteiger partial charge in [-0.25, -0.2) is 24.7 Å². The van der Waals surface area contributed by atoms with Gasteiger partial charge >= 0.3 is 5.96 Å². The molecule has 0 saturated heterocycles. The Morgan fingerprint density at radius 2 is 1.17 bits per heavy atom. The predicted molar refractivity (Wildman–Crippen MR) is 213 cm³/mol. The maximum atomic E-state index is 9.29. The molecule has 7 rings (SSSR count). The molecule has 2 aliphatic rings. The number of hydrogen-bond acceptors (Lipinski definition) is 14. The third-order valence-electron chi connectivity index (χ3n) is 8.37. The summed E-state index contributed by atoms with van der Waals surface area (Å²) in [7, 11) is 0. The van der Waals surface area contributed by atoms with Gasteiger partial charge < -0.3 is 18.9 Å². The second-order valence-corrected chi connectivity index (χ2v) is 17.1. The second kappa shape index (κ2) is 14.3. The maximum Gasteiger partial charge on any atom is 0.635 e. The Balaban J connectivity index is 1.34. The lowest BCUT2D eigenvalue weighted by molar-refractivity contribution is 0.0954. The highest BCUT2D eigenvalue weighted by Crippen LogP contribution is 2.58. The summed E-state index contributed by atoms with van der Waals surface area (Å²) in [5.41, 5.74) is 2.23. The largest absolute Gasteiger partial charge is 0.635 e. The summed E-state index contributed by atoms with van der Waals surface area (Å²) in [4.78, 5) is 28.0. The number of aliphatic imine (C=N–C) groups is 2. The van der Waals surface area contributed by atoms with Crippen LogP contribution >= 0.6 is 45.3 Å². The Labute approximate surface area is 327 Å². The number of rotatable bonds is 10. The molecular weight excluding hydrogens is 761 g/mol. The normalized spacial score (nSPS) is 13.8. The molecule has 0 aliphatic carbocycles. The summed E-state index contributed by atoms with van der Waals surface area (Å²) in [5, 5.41) is 20.9. The van der Waals surface area contributed by atoms with Gasteiger partial charge in [0.25, 0.3) is 5.00 Å². The van der Waals surface area contributed by atoms with E-state index in [-0.39, 0.29) is 11.7 Å². The first kappa shape index (κ1) is 36.7. The van der Waals surface area contributed by atoms with Crippen LogP contribution in [0.3, 0.4) is 0 Å². The van der Waals surface area contributed by atoms with E-state index >= 15 is 0 Å². The molecule has 1 aromatic carbocycles. The van der Waals surface area contributed by atoms with E-state index in [9.17, 15) is 10.5 Å². The minimum Gasteiger partial charge on any atom is -0.492 e. The van der Waals surface area contributed by atoms with Crippen molar-refractivity contribution in [3.8, 4) is 76.0 Å². The maximum absolute atomic E-state index is 9.29. The molecule has 0 saturated carbocycles. The van der Waals surface area contributed by atoms with E-state index in [1.165, 1.54) is 45.3 Å². The Bertz CT molecular complexity index is 2350. The molecule has 0 bridgehead atoms. The van der Waals surface area contributed by atoms with Crippen LogP contribution in [0.15, 0.2) is 34.3 Å². The molecule has 0 spiro atoms. The summed E-state index contributed by atoms with van der Waals surface area (Å²) in [6.45, 7) is 27.6. The zero-order valence-electron chi connectivity index (χ0n) is 30.0. The van der Waals surface area contributed by atoms with Crippen LogP contribution in [0, 0.1) is 35.8 Å². The van der Waals surface area contributed by atoms with Crippen LogP contribution in [0.5, 0.6) is 23.3 Å². The zero-order chi connectivity index (χ0) is 38.4. The first-order valence-corrected chi connectivity index (χ1v) is 20.1. The van der Waals surface area contributed by atoms with Crippen LogP contribution in [0.1, 0.15) is 65.5 Å². The quantitative estimate of drug-likeness (QED) is 0.0772. The number of hydrogen-bond donors (Lipinski definition) is 0. The number of nitrogens with zero attached hydrogens (tertiary/aromatic N) is 8. The van der Waals surface area contributed by atoms with Crippen LogP contribution in [0.2, 0.25) is 0 Å². The van der Waals surface area contributed by atoms with Gasteiger partial charge in [-0.15, -0.1) is 34.0 Å². The molecule has 4 aromatic heterocycles. The molecule has 54 heavy (non-hydrogen) atoms. The first-order chi connectivity index (χ1) is 25.9. The van der Waals surface area contributed by atoms with E-state index in [0.29, 0.717) is 56.5 Å². The molecule has 0 radical (unpaired) electrons. The molecule has 0 atom stereocenters. The Morgan fingerprint density at radius 1 is 0.722 bits per heavy atom. The fraction of sp³-hybridized carbons (Fsp3) is 0.316. The molecule has 0 amide bonds. The first-order valence-electron chi connectivity index (χ1n) is 16.8. The average Bonchev–Trinajstić information content (AvgIpc) is 3.95. The van der Waals surface area contributed by atoms with Gasteiger partial charge in [0.05, 0.1) is 29.0 Å². The third kappa shape index (κ3) is 6.59. The van der Waals surface area contributed by atoms with Crippen molar-refractivity contribution in [1.29, 1.82) is 10.5 Å². The monoisotopic (exact) mass is 790 g/mol. The third-order valence-corrected chi connectivity index (χ3v) is 12.8. The zero-order valence-corrected chi connectivity index (χ0v) is 33.2. The van der Waals surface area contributed by atoms with Crippen molar-refractivity contribution in [1.82, 2.24) is 9.97 Å². The van der Waals surface area contributed by atoms with E-state index in [1.54, 1.807) is 12.1 Å². The summed E-state index contributed by atoms with van der Waals surface area (Å²) in [5.74, 6) is 1.93. The average molecular weight is 791 g/mol. The Hall–Kier alpha value is -5.62. The van der Waals surface area contributed by atoms with Crippen molar-refractivity contribution >= 4 is 67.0 Å². The van der Waals surface area contributed by atoms with Gasteiger partial charge in [-0.3, -0.25) is 0 Å². The summed E-state index contributed by atoms with van der Waals surface area (Å²) < 4.78 is 25.4. The van der Waals surface area contributed by atoms with Crippen molar-refractivity contribution in [2.75, 3.05) is 13.2 Å². The van der Waals surface area contributed by atoms with Gasteiger partial charge in [0, 0.05) is 33.3 Å². The number of thiophene rings is 2. The predicted octanol–water partition coefficient (Wildman–Crippen LogP) is 11.2. The van der Waals surface area contributed by atoms with E-state index in [0.717, 1.165) is 54.6 Å². The molecule has 0 N–H and O–H groups in total. The second-order valence-electron chi connectivity index (χ2n) is 13.0. The Morgan fingerprint density at radius 3 is 1.57 bits per heavy atom. The van der Waals surface area contributed by atoms with Crippen molar-refractivity contribution < 1.29 is 18.9 Å². The number of thiazole rings is 2. The molecule has 0 fully saturated rings. The highest BCUT2D eigenvalue weighted by molar-refractivity contribution is 7.26. The molecule has 12 nitrogen and oxygen atoms in total. The van der Waals surface area contributed by atoms with Crippen LogP contribution in [0.25, 0.3) is 50.3 Å². The lowest BCUT2D eigenvalue weighted by Crippen LogP contribution is -2.32. The fourth-order valence-corrected chi connectivity index (χ4v) is 10.1. The number of fused-ring (bicyclic) bond motifs is 6. The van der Waals surface area contributed by atoms with Gasteiger partial charge in [0.15, 0.2) is 0 Å². The number of aromatic nitrogens is 2. The summed E-state index contributed by atoms with van der Waals surface area (Å²) >= 11 is 5.60. The number of guanidine groups is 1. The van der Waals surface area contributed by atoms with Gasteiger partial charge in [-0.05, 0) is 65.8 Å². The van der Waals surface area contributed by atoms with E-state index < -0.39 is 11.2 Å². The minimum absolute atomic E-state index is 0.237. The lowest BCUT2D eigenvalue weighted by Gasteiger charge is -2.37. The number of ether oxygens (including phenoxy) is 4. The minimum atomic E-state index is -0.745. The number of benzene rings is 1. The fourth-order valence-electron chi connectivity index (χ4n) is 5.98. The van der Waals surface area contributed by atoms with Gasteiger partial charge in [0.2, 0.25) is 17.5 Å². The summed E-state index contributed by atoms with van der Waals surface area (Å²) in [6, 6.07) is 11.5. The molecule has 6 heterocycles. The van der Waals surface area contributed by atoms with Crippen molar-refractivity contribution in [2.24, 2.45) is 9.98 Å². The smallest absolute Gasteiger partial charge is 0.492 e. The highest BCUT2D eigenvalue weighted by Gasteiger charge is 2.42. The molecule has 16 heteroatoms. The van der Waals surface area contributed by atoms with Gasteiger partial charge in [-0.2, -0.15) is 10.5 Å². The summed E-state index contributed by atoms with van der Waals surface area (Å²) in [6.07, 6.45) is 1.60. The number of nitriles is 2. The van der Waals surface area contributed by atoms with Crippen LogP contribution in [-0.2, 0) is 11.2 Å². The topological polar surface area (TPSA) is 144 Å². The highest BCUT2D eigenvalue weighted by atomic mass is 32.1. The van der Waals surface area contributed by atoms with Gasteiger partial charge in [0.1, 0.15) is 59.6 Å². The molecule has 2 aliphatic heterocycles. The molecule has 0 unspecified atom stereocenters. The lowest BCUT2D eigenvalue weighted by atomic mass is 9.81. The van der Waals surface area contributed by atoms with Crippen LogP contribution in [-0.4, -0.2) is 34.9 Å². The molecule has 5 aromatic rings.